The van der Waals surface area contributed by atoms with Gasteiger partial charge in [0.25, 0.3) is 10.1 Å². The fourth-order valence-corrected chi connectivity index (χ4v) is 62.2. The maximum absolute atomic E-state index is 10.9. The van der Waals surface area contributed by atoms with E-state index in [1.54, 1.807) is 18.5 Å². The van der Waals surface area contributed by atoms with Crippen LogP contribution in [-0.2, 0) is 73.4 Å². The summed E-state index contributed by atoms with van der Waals surface area (Å²) in [6.45, 7) is 76.6. The molecule has 0 atom stereocenters. The number of alkyl halides is 1. The zero-order valence-electron chi connectivity index (χ0n) is 82.4. The molecule has 0 saturated heterocycles. The molecule has 1 rings (SSSR count). The molecule has 2 N–H and O–H groups in total. The summed E-state index contributed by atoms with van der Waals surface area (Å²) in [5, 5.41) is 17.0. The van der Waals surface area contributed by atoms with Gasteiger partial charge >= 0.3 is 29.6 Å². The van der Waals surface area contributed by atoms with Gasteiger partial charge in [-0.25, -0.2) is 8.42 Å². The molecule has 0 bridgehead atoms. The fraction of sp³-hybridized carbons (Fsp3) is 0.900. The van der Waals surface area contributed by atoms with Gasteiger partial charge in [0.15, 0.2) is 101 Å². The number of rotatable bonds is 59. The minimum Gasteiger partial charge on any atom is -1.00 e. The van der Waals surface area contributed by atoms with Crippen LogP contribution in [0.15, 0.2) is 43.2 Å². The molecule has 0 aliphatic carbocycles. The SMILES string of the molecule is C.C=CCO[Si](C)(C)C.CO.CS(=O)(=O)Cl.C[SiH2]O[Si](C)(C)CCC[SiH2]O[SiH](C)C.C[SiH2]O[Si](C)(C)CCC[SiH2]O[Si](C)(C)CCCBr.C[SiH2]O[Si](C)(C)CCC[SiH2]O[Si](C)(C)CCCO.C[SiH2]O[Si](C)(C)CCC[SiH2]O[Si](C)(C)CCCOS(C)(=O)=O.C[SiH2]O[Si](C)(C)CCC[SiH2]O[Si](C)(C)CCCO[Si](C)(C)C.[Br-].[Na+].c1ccncc1. The van der Waals surface area contributed by atoms with Crippen LogP contribution in [0.25, 0.3) is 0 Å². The number of pyridine rings is 1. The molecule has 0 amide bonds. The van der Waals surface area contributed by atoms with Crippen LogP contribution < -0.4 is 46.5 Å². The molecule has 0 aromatic carbocycles. The van der Waals surface area contributed by atoms with Crippen LogP contribution in [0.2, 0.25) is 288 Å². The summed E-state index contributed by atoms with van der Waals surface area (Å²) >= 11 is 3.50. The van der Waals surface area contributed by atoms with Crippen LogP contribution in [0.5, 0.6) is 0 Å². The molecule has 0 saturated carbocycles. The number of halogens is 3. The summed E-state index contributed by atoms with van der Waals surface area (Å²) in [5.41, 5.74) is 0. The van der Waals surface area contributed by atoms with Gasteiger partial charge in [0, 0.05) is 48.7 Å². The average molecular weight is 2250 g/mol. The van der Waals surface area contributed by atoms with Crippen molar-refractivity contribution in [3.05, 3.63) is 43.2 Å². The van der Waals surface area contributed by atoms with E-state index in [1.165, 1.54) is 117 Å². The zero-order valence-corrected chi connectivity index (χ0v) is 116. The van der Waals surface area contributed by atoms with E-state index in [0.717, 1.165) is 56.5 Å². The standard InChI is InChI=1S/C14H40O3Si5.C12H34O5SSi4.C11H31BrO2Si4.C11H32O3Si4.C8H26O2Si4.C6H14OSi.C5H5N.CH3ClO2S.CH4O.CH4.BrH.Na/c1-18-16-21(5,6)14-10-12-19-17-22(7,8)13-9-11-15-20(2,3)4;1-18(13,14)15-9-7-11-22(5,6)17-20-10-8-12-21(3,4)16-19-2;2*1-15-13-17(2,3)11-7-9-16-14-18(4,5)10-6-8-12;1-11-10-14(4,5)8-6-7-12-9-13(2)3;1-5-6-7-8(2,3)4;1-2-4-6-5-3-1;1-5(2,3)4;1-2;;;/h9-14,18-19H2,1-8H3;7-12,19-20H2,1-6H3;6-11,15-16H2,1-5H3;12H,6-11,15-16H2,1-5H3;13H,6-8,11-12H2,1-5H3;5H,1,6H2,2-4H3;1-5H;1H3;2H,1H3;1H4;1H;/q;;;;;;;;;;;+1/p-1. The Morgan fingerprint density at radius 1 is 0.424 bits per heavy atom. The molecule has 0 aliphatic heterocycles. The molecule has 1 aromatic heterocycles. The van der Waals surface area contributed by atoms with Crippen molar-refractivity contribution in [2.45, 2.75) is 353 Å². The van der Waals surface area contributed by atoms with E-state index in [-0.39, 0.29) is 148 Å². The van der Waals surface area contributed by atoms with Crippen molar-refractivity contribution in [3.63, 3.8) is 0 Å². The van der Waals surface area contributed by atoms with Gasteiger partial charge in [0.2, 0.25) is 9.05 Å². The second-order valence-electron chi connectivity index (χ2n) is 36.3. The molecule has 0 spiro atoms. The first-order chi connectivity index (χ1) is 52.6. The first-order valence-electron chi connectivity index (χ1n) is 43.1. The minimum atomic E-state index is -3.31. The molecule has 1 aromatic rings. The Balaban J connectivity index is -0.000000126. The number of hydrogen-bond acceptors (Lipinski definition) is 20. The van der Waals surface area contributed by atoms with Gasteiger partial charge in [-0.2, -0.15) is 8.42 Å². The summed E-state index contributed by atoms with van der Waals surface area (Å²) in [5.74, 6) is 0. The van der Waals surface area contributed by atoms with Crippen molar-refractivity contribution in [2.75, 3.05) is 51.4 Å². The first kappa shape index (κ1) is 146. The van der Waals surface area contributed by atoms with E-state index >= 15 is 0 Å². The van der Waals surface area contributed by atoms with Crippen LogP contribution in [0, 0.1) is 0 Å². The van der Waals surface area contributed by atoms with Gasteiger partial charge in [0.05, 0.1) is 25.7 Å². The van der Waals surface area contributed by atoms with Gasteiger partial charge in [-0.05, 0) is 293 Å². The molecule has 1 heterocycles. The van der Waals surface area contributed by atoms with Crippen molar-refractivity contribution >= 4 is 244 Å². The maximum atomic E-state index is 10.9. The number of aliphatic hydroxyl groups is 2. The molecule has 118 heavy (non-hydrogen) atoms. The van der Waals surface area contributed by atoms with Crippen molar-refractivity contribution in [1.82, 2.24) is 4.98 Å². The van der Waals surface area contributed by atoms with Crippen LogP contribution in [0.1, 0.15) is 65.2 Å². The molecule has 20 nitrogen and oxygen atoms in total. The molecular weight excluding hydrogens is 2060 g/mol. The quantitative estimate of drug-likeness (QED) is 0.0154. The summed E-state index contributed by atoms with van der Waals surface area (Å²) in [4.78, 5) is 3.78. The summed E-state index contributed by atoms with van der Waals surface area (Å²) in [6, 6.07) is 23.4. The third-order valence-corrected chi connectivity index (χ3v) is 78.7. The van der Waals surface area contributed by atoms with E-state index in [4.69, 9.17) is 64.4 Å². The molecule has 0 fully saturated rings. The zero-order chi connectivity index (χ0) is 91.1. The van der Waals surface area contributed by atoms with Gasteiger partial charge in [-0.3, -0.25) is 9.17 Å². The van der Waals surface area contributed by atoms with E-state index in [9.17, 15) is 16.8 Å². The number of nitrogens with zero attached hydrogens (tertiary/aromatic N) is 1. The van der Waals surface area contributed by atoms with E-state index in [2.05, 4.69) is 241 Å². The fourth-order valence-electron chi connectivity index (χ4n) is 10.8. The molecular formula is C70H193Br2ClNNaO19S2Si22. The second kappa shape index (κ2) is 86.3. The maximum Gasteiger partial charge on any atom is 1.00 e. The van der Waals surface area contributed by atoms with Crippen LogP contribution >= 0.6 is 26.6 Å². The Morgan fingerprint density at radius 3 is 0.873 bits per heavy atom. The molecule has 0 radical (unpaired) electrons. The molecule has 0 unspecified atom stereocenters. The molecule has 0 aliphatic rings. The Morgan fingerprint density at radius 2 is 0.669 bits per heavy atom. The van der Waals surface area contributed by atoms with E-state index in [1.807, 2.05) is 18.2 Å². The average Bonchev–Trinajstić information content (AvgIpc) is 0.946. The summed E-state index contributed by atoms with van der Waals surface area (Å²) < 4.78 is 117. The third-order valence-electron chi connectivity index (χ3n) is 16.7. The van der Waals surface area contributed by atoms with Gasteiger partial charge in [-0.1, -0.05) is 100 Å². The van der Waals surface area contributed by atoms with Crippen LogP contribution in [0.3, 0.4) is 0 Å². The summed E-state index contributed by atoms with van der Waals surface area (Å²) in [7, 11) is -19.4. The van der Waals surface area contributed by atoms with Gasteiger partial charge in [-0.15, -0.1) is 6.58 Å². The number of hydrogen-bond donors (Lipinski definition) is 2. The van der Waals surface area contributed by atoms with Crippen molar-refractivity contribution in [1.29, 1.82) is 0 Å². The predicted octanol–water partition coefficient (Wildman–Crippen LogP) is 9.37. The van der Waals surface area contributed by atoms with Crippen molar-refractivity contribution < 1.29 is 128 Å². The van der Waals surface area contributed by atoms with Crippen LogP contribution in [-0.4, -0.2) is 282 Å². The van der Waals surface area contributed by atoms with Crippen molar-refractivity contribution in [3.8, 4) is 0 Å². The number of aromatic nitrogens is 1. The van der Waals surface area contributed by atoms with Crippen LogP contribution in [0.4, 0.5) is 0 Å². The Bertz CT molecular complexity index is 2480. The topological polar surface area (TPSA) is 242 Å². The first-order valence-corrected chi connectivity index (χ1v) is 104. The Hall–Kier alpha value is 5.21. The molecule has 714 valence electrons. The van der Waals surface area contributed by atoms with Gasteiger partial charge < -0.3 is 77.2 Å². The normalized spacial score (nSPS) is 13.2. The second-order valence-corrected chi connectivity index (χ2v) is 109. The largest absolute Gasteiger partial charge is 1.00 e. The minimum absolute atomic E-state index is 0. The predicted molar refractivity (Wildman–Crippen MR) is 581 cm³/mol. The van der Waals surface area contributed by atoms with E-state index < -0.39 is 129 Å². The van der Waals surface area contributed by atoms with Gasteiger partial charge in [0.1, 0.15) is 97.6 Å². The monoisotopic (exact) mass is 2250 g/mol. The van der Waals surface area contributed by atoms with E-state index in [0.29, 0.717) is 13.2 Å². The number of aliphatic hydroxyl groups excluding tert-OH is 2. The Labute approximate surface area is 814 Å². The Kier molecular flexibility index (Phi) is 107. The summed E-state index contributed by atoms with van der Waals surface area (Å²) in [6.07, 6.45) is 18.0. The molecule has 48 heteroatoms. The van der Waals surface area contributed by atoms with Crippen molar-refractivity contribution in [2.24, 2.45) is 0 Å². The third kappa shape index (κ3) is 137. The smallest absolute Gasteiger partial charge is 1.00 e.